The fraction of sp³-hybridized carbons (Fsp3) is 0.500. The zero-order valence-electron chi connectivity index (χ0n) is 36.3. The van der Waals surface area contributed by atoms with Gasteiger partial charge in [-0.3, -0.25) is 4.55 Å². The van der Waals surface area contributed by atoms with Gasteiger partial charge in [0.2, 0.25) is 0 Å². The van der Waals surface area contributed by atoms with Gasteiger partial charge in [-0.2, -0.15) is 8.42 Å². The average molecular weight is 907 g/mol. The van der Waals surface area contributed by atoms with Crippen LogP contribution in [0.25, 0.3) is 0 Å². The van der Waals surface area contributed by atoms with Crippen LogP contribution in [0.3, 0.4) is 0 Å². The fourth-order valence-electron chi connectivity index (χ4n) is 6.93. The van der Waals surface area contributed by atoms with Gasteiger partial charge in [0.05, 0.1) is 9.79 Å². The molecule has 61 heavy (non-hydrogen) atoms. The van der Waals surface area contributed by atoms with Crippen molar-refractivity contribution in [3.05, 3.63) is 96.1 Å². The summed E-state index contributed by atoms with van der Waals surface area (Å²) in [7, 11) is -8.89. The minimum atomic E-state index is -4.58. The van der Waals surface area contributed by atoms with E-state index in [0.29, 0.717) is 23.0 Å². The quantitative estimate of drug-likeness (QED) is 0.0317. The Morgan fingerprint density at radius 3 is 1.31 bits per heavy atom. The smallest absolute Gasteiger partial charge is 0.872 e. The molecule has 0 aromatic heterocycles. The van der Waals surface area contributed by atoms with Crippen LogP contribution in [0.4, 0.5) is 0 Å². The molecule has 10 nitrogen and oxygen atoms in total. The van der Waals surface area contributed by atoms with Crippen molar-refractivity contribution in [2.24, 2.45) is 0 Å². The molecule has 0 saturated carbocycles. The number of phenolic OH excluding ortho intramolecular Hbond substituents is 1. The van der Waals surface area contributed by atoms with Gasteiger partial charge in [-0.05, 0) is 79.3 Å². The summed E-state index contributed by atoms with van der Waals surface area (Å²) in [4.78, 5) is -0.535. The van der Waals surface area contributed by atoms with Gasteiger partial charge >= 0.3 is 37.7 Å². The number of phenols is 1. The van der Waals surface area contributed by atoms with Crippen molar-refractivity contribution in [3.8, 4) is 34.5 Å². The van der Waals surface area contributed by atoms with E-state index in [4.69, 9.17) is 9.47 Å². The van der Waals surface area contributed by atoms with E-state index in [1.165, 1.54) is 151 Å². The van der Waals surface area contributed by atoms with Crippen LogP contribution >= 0.6 is 0 Å². The average Bonchev–Trinajstić information content (AvgIpc) is 3.20. The Morgan fingerprint density at radius 2 is 0.902 bits per heavy atom. The molecule has 0 aliphatic heterocycles. The third kappa shape index (κ3) is 22.9. The second kappa shape index (κ2) is 30.3. The zero-order chi connectivity index (χ0) is 43.6. The second-order valence-corrected chi connectivity index (χ2v) is 18.3. The second-order valence-electron chi connectivity index (χ2n) is 15.5. The van der Waals surface area contributed by atoms with Gasteiger partial charge in [-0.15, -0.1) is 5.75 Å². The normalized spacial score (nSPS) is 11.3. The molecule has 4 rings (SSSR count). The predicted octanol–water partition coefficient (Wildman–Crippen LogP) is 12.4. The Hall–Kier alpha value is -2.84. The van der Waals surface area contributed by atoms with Crippen LogP contribution in [0.2, 0.25) is 0 Å². The maximum Gasteiger partial charge on any atom is 2.00 e. The van der Waals surface area contributed by atoms with Crippen LogP contribution < -0.4 is 14.6 Å². The third-order valence-electron chi connectivity index (χ3n) is 10.3. The van der Waals surface area contributed by atoms with Crippen molar-refractivity contribution < 1.29 is 45.6 Å². The molecule has 0 amide bonds. The van der Waals surface area contributed by atoms with Crippen LogP contribution in [0.1, 0.15) is 153 Å². The monoisotopic (exact) mass is 906 g/mol. The van der Waals surface area contributed by atoms with E-state index in [-0.39, 0.29) is 59.0 Å². The summed E-state index contributed by atoms with van der Waals surface area (Å²) >= 11 is 0. The van der Waals surface area contributed by atoms with E-state index in [1.807, 2.05) is 0 Å². The molecular formula is C48H66CaO10S2. The molecule has 0 heterocycles. The first kappa shape index (κ1) is 54.3. The van der Waals surface area contributed by atoms with E-state index >= 15 is 0 Å². The molecule has 0 fully saturated rings. The number of benzene rings is 4. The zero-order valence-corrected chi connectivity index (χ0v) is 40.2. The Morgan fingerprint density at radius 1 is 0.508 bits per heavy atom. The number of unbranched alkanes of at least 4 members (excludes halogenated alkanes) is 18. The largest absolute Gasteiger partial charge is 2.00 e. The van der Waals surface area contributed by atoms with Crippen molar-refractivity contribution in [1.29, 1.82) is 0 Å². The molecule has 332 valence electrons. The van der Waals surface area contributed by atoms with Crippen molar-refractivity contribution in [2.75, 3.05) is 0 Å². The first-order valence-electron chi connectivity index (χ1n) is 21.9. The Bertz CT molecular complexity index is 1910. The number of hydrogen-bond donors (Lipinski definition) is 2. The van der Waals surface area contributed by atoms with E-state index in [1.54, 1.807) is 36.4 Å². The number of aromatic hydroxyl groups is 1. The fourth-order valence-corrected chi connectivity index (χ4v) is 7.92. The third-order valence-corrected chi connectivity index (χ3v) is 12.0. The maximum atomic E-state index is 11.5. The number of rotatable bonds is 28. The molecule has 0 spiro atoms. The molecular weight excluding hydrogens is 841 g/mol. The molecule has 4 aromatic rings. The minimum Gasteiger partial charge on any atom is -0.872 e. The summed E-state index contributed by atoms with van der Waals surface area (Å²) in [5.74, 6) is 1.30. The van der Waals surface area contributed by atoms with Crippen molar-refractivity contribution >= 4 is 58.0 Å². The molecule has 13 heteroatoms. The summed E-state index contributed by atoms with van der Waals surface area (Å²) < 4.78 is 78.1. The Kier molecular flexibility index (Phi) is 27.0. The van der Waals surface area contributed by atoms with E-state index in [0.717, 1.165) is 49.7 Å². The van der Waals surface area contributed by atoms with Gasteiger partial charge in [-0.1, -0.05) is 160 Å². The SMILES string of the molecule is CCCCCCCCCCCCc1ccc(S(=O)(=O)O)cc1Oc1cccc(O)c1.CCCCCCCCCCCCc1ccc(S(=O)(=O)[O-])cc1Oc1cccc([O-])c1.[Ca+2]. The van der Waals surface area contributed by atoms with Crippen LogP contribution in [-0.2, 0) is 33.1 Å². The van der Waals surface area contributed by atoms with Gasteiger partial charge < -0.3 is 24.2 Å². The molecule has 0 aliphatic carbocycles. The van der Waals surface area contributed by atoms with Crippen molar-refractivity contribution in [3.63, 3.8) is 0 Å². The molecule has 2 N–H and O–H groups in total. The maximum absolute atomic E-state index is 11.5. The summed E-state index contributed by atoms with van der Waals surface area (Å²) in [5, 5.41) is 21.2. The molecule has 4 aromatic carbocycles. The molecule has 0 unspecified atom stereocenters. The number of aryl methyl sites for hydroxylation is 2. The molecule has 0 bridgehead atoms. The first-order chi connectivity index (χ1) is 28.8. The van der Waals surface area contributed by atoms with Crippen LogP contribution in [0.5, 0.6) is 34.5 Å². The number of ether oxygens (including phenoxy) is 2. The van der Waals surface area contributed by atoms with Crippen molar-refractivity contribution in [2.45, 2.75) is 165 Å². The summed E-state index contributed by atoms with van der Waals surface area (Å²) in [5.41, 5.74) is 1.71. The summed E-state index contributed by atoms with van der Waals surface area (Å²) in [6.45, 7) is 4.46. The molecule has 0 atom stereocenters. The van der Waals surface area contributed by atoms with Gasteiger partial charge in [0, 0.05) is 12.1 Å². The predicted molar refractivity (Wildman–Crippen MR) is 242 cm³/mol. The topological polar surface area (TPSA) is 173 Å². The molecule has 0 saturated heterocycles. The first-order valence-corrected chi connectivity index (χ1v) is 24.8. The van der Waals surface area contributed by atoms with Crippen LogP contribution in [0.15, 0.2) is 94.7 Å². The van der Waals surface area contributed by atoms with Crippen LogP contribution in [0, 0.1) is 0 Å². The standard InChI is InChI=1S/2C24H34O5S.Ca/c2*1-2-3-4-5-6-7-8-9-10-11-13-20-16-17-23(30(26,27)28)19-24(20)29-22-15-12-14-21(25)18-22;/h2*12,14-19,25H,2-11,13H2,1H3,(H,26,27,28);/q;;+2/p-2. The molecule has 0 aliphatic rings. The number of hydrogen-bond acceptors (Lipinski definition) is 9. The molecule has 0 radical (unpaired) electrons. The van der Waals surface area contributed by atoms with Gasteiger partial charge in [0.15, 0.2) is 0 Å². The summed E-state index contributed by atoms with van der Waals surface area (Å²) in [6, 6.07) is 20.9. The van der Waals surface area contributed by atoms with E-state index < -0.39 is 20.2 Å². The van der Waals surface area contributed by atoms with Gasteiger partial charge in [-0.25, -0.2) is 8.42 Å². The van der Waals surface area contributed by atoms with E-state index in [2.05, 4.69) is 13.8 Å². The van der Waals surface area contributed by atoms with Crippen LogP contribution in [-0.4, -0.2) is 68.8 Å². The van der Waals surface area contributed by atoms with Crippen molar-refractivity contribution in [1.82, 2.24) is 0 Å². The van der Waals surface area contributed by atoms with Gasteiger partial charge in [0.1, 0.15) is 38.9 Å². The van der Waals surface area contributed by atoms with E-state index in [9.17, 15) is 36.2 Å². The Balaban J connectivity index is 0.000000413. The minimum absolute atomic E-state index is 0. The van der Waals surface area contributed by atoms with Gasteiger partial charge in [0.25, 0.3) is 10.1 Å². The summed E-state index contributed by atoms with van der Waals surface area (Å²) in [6.07, 6.45) is 26.2. The Labute approximate surface area is 396 Å².